The highest BCUT2D eigenvalue weighted by atomic mass is 16.8. The van der Waals surface area contributed by atoms with Crippen LogP contribution in [0.5, 0.6) is 0 Å². The van der Waals surface area contributed by atoms with E-state index in [9.17, 15) is 61.0 Å². The van der Waals surface area contributed by atoms with Crippen molar-refractivity contribution in [1.82, 2.24) is 0 Å². The van der Waals surface area contributed by atoms with Gasteiger partial charge in [-0.25, -0.2) is 0 Å². The van der Waals surface area contributed by atoms with Gasteiger partial charge in [0.1, 0.15) is 73.2 Å². The smallest absolute Gasteiger partial charge is 0.315 e. The standard InChI is InChI=1S/C48H78O18/c1-43(2)14-16-48(42(60)66-40-37(59)34(56)31(53)25(20-50)62-40)17-15-46(6)22(23(48)18-43)8-9-28-45(5)12-11-29(44(3,4)27(45)10-13-47(28,46)7)64-41-38(35(57)32(54)26(21-51)63-41)65-39-36(58)33(55)30(52)24(19-49)61-39/h8,23-41,49-59H,9-21H2,1-7H3/t23-,24+,25+,26+,27-,28+,29?,30+,31+,32+,33-,34-,35-,36+,37+,38+,39-,40-,41-,45-,46+,47+,48-/m0/s1. The van der Waals surface area contributed by atoms with E-state index in [-0.39, 0.29) is 39.4 Å². The first kappa shape index (κ1) is 50.9. The van der Waals surface area contributed by atoms with Crippen LogP contribution in [0.4, 0.5) is 0 Å². The van der Waals surface area contributed by atoms with E-state index in [4.69, 9.17) is 28.4 Å². The molecule has 23 atom stereocenters. The predicted molar refractivity (Wildman–Crippen MR) is 230 cm³/mol. The molecule has 0 aromatic rings. The van der Waals surface area contributed by atoms with Gasteiger partial charge in [0.05, 0.1) is 31.3 Å². The number of esters is 1. The van der Waals surface area contributed by atoms with E-state index in [1.54, 1.807) is 0 Å². The lowest BCUT2D eigenvalue weighted by molar-refractivity contribution is -0.378. The summed E-state index contributed by atoms with van der Waals surface area (Å²) in [4.78, 5) is 14.7. The van der Waals surface area contributed by atoms with Crippen LogP contribution in [0.3, 0.4) is 0 Å². The number of rotatable bonds is 9. The zero-order valence-electron chi connectivity index (χ0n) is 39.5. The molecular formula is C48H78O18. The molecule has 0 amide bonds. The van der Waals surface area contributed by atoms with Crippen LogP contribution in [0, 0.1) is 50.2 Å². The minimum Gasteiger partial charge on any atom is -0.432 e. The Morgan fingerprint density at radius 3 is 1.76 bits per heavy atom. The van der Waals surface area contributed by atoms with E-state index in [2.05, 4.69) is 54.5 Å². The molecule has 8 rings (SSSR count). The van der Waals surface area contributed by atoms with Crippen molar-refractivity contribution in [2.75, 3.05) is 19.8 Å². The third-order valence-electron chi connectivity index (χ3n) is 19.3. The lowest BCUT2D eigenvalue weighted by atomic mass is 9.33. The van der Waals surface area contributed by atoms with Crippen LogP contribution in [0.25, 0.3) is 0 Å². The molecule has 0 radical (unpaired) electrons. The molecule has 3 heterocycles. The Labute approximate surface area is 387 Å². The summed E-state index contributed by atoms with van der Waals surface area (Å²) in [6, 6.07) is 0. The summed E-state index contributed by atoms with van der Waals surface area (Å²) < 4.78 is 36.2. The molecule has 11 N–H and O–H groups in total. The highest BCUT2D eigenvalue weighted by molar-refractivity contribution is 5.79. The highest BCUT2D eigenvalue weighted by Gasteiger charge is 2.70. The normalized spacial score (nSPS) is 53.3. The second-order valence-electron chi connectivity index (χ2n) is 23.5. The van der Waals surface area contributed by atoms with Crippen LogP contribution in [-0.2, 0) is 33.2 Å². The molecule has 0 spiro atoms. The van der Waals surface area contributed by atoms with E-state index < -0.39 is 135 Å². The van der Waals surface area contributed by atoms with Crippen LogP contribution in [-0.4, -0.2) is 180 Å². The van der Waals surface area contributed by atoms with Gasteiger partial charge >= 0.3 is 5.97 Å². The van der Waals surface area contributed by atoms with Gasteiger partial charge in [0.25, 0.3) is 0 Å². The molecule has 3 aliphatic heterocycles. The second-order valence-corrected chi connectivity index (χ2v) is 23.5. The molecule has 378 valence electrons. The number of hydrogen-bond acceptors (Lipinski definition) is 18. The van der Waals surface area contributed by atoms with Gasteiger partial charge in [0, 0.05) is 0 Å². The Morgan fingerprint density at radius 2 is 1.15 bits per heavy atom. The largest absolute Gasteiger partial charge is 0.432 e. The Hall–Kier alpha value is -1.43. The van der Waals surface area contributed by atoms with Crippen molar-refractivity contribution in [2.24, 2.45) is 50.2 Å². The molecule has 18 heteroatoms. The van der Waals surface area contributed by atoms with Crippen LogP contribution < -0.4 is 0 Å². The van der Waals surface area contributed by atoms with Gasteiger partial charge in [-0.15, -0.1) is 0 Å². The molecule has 18 nitrogen and oxygen atoms in total. The zero-order valence-corrected chi connectivity index (χ0v) is 39.5. The summed E-state index contributed by atoms with van der Waals surface area (Å²) in [6.45, 7) is 14.1. The zero-order chi connectivity index (χ0) is 48.3. The van der Waals surface area contributed by atoms with Gasteiger partial charge in [-0.05, 0) is 109 Å². The minimum absolute atomic E-state index is 0.0628. The summed E-state index contributed by atoms with van der Waals surface area (Å²) in [6.07, 6.45) is -13.8. The van der Waals surface area contributed by atoms with Crippen molar-refractivity contribution in [3.05, 3.63) is 11.6 Å². The molecule has 0 bridgehead atoms. The van der Waals surface area contributed by atoms with Crippen molar-refractivity contribution in [1.29, 1.82) is 0 Å². The average molecular weight is 943 g/mol. The Bertz CT molecular complexity index is 1790. The fourth-order valence-electron chi connectivity index (χ4n) is 15.0. The molecule has 66 heavy (non-hydrogen) atoms. The van der Waals surface area contributed by atoms with E-state index in [0.717, 1.165) is 44.9 Å². The van der Waals surface area contributed by atoms with E-state index in [1.165, 1.54) is 5.57 Å². The van der Waals surface area contributed by atoms with Crippen molar-refractivity contribution in [2.45, 2.75) is 211 Å². The van der Waals surface area contributed by atoms with Gasteiger partial charge in [-0.1, -0.05) is 60.1 Å². The number of carbonyl (C=O) groups is 1. The maximum absolute atomic E-state index is 14.7. The third-order valence-corrected chi connectivity index (χ3v) is 19.3. The molecular weight excluding hydrogens is 865 g/mol. The molecule has 4 saturated carbocycles. The number of allylic oxidation sites excluding steroid dienone is 2. The Balaban J connectivity index is 1.04. The summed E-state index contributed by atoms with van der Waals surface area (Å²) >= 11 is 0. The van der Waals surface area contributed by atoms with Gasteiger partial charge in [-0.2, -0.15) is 0 Å². The minimum atomic E-state index is -1.78. The van der Waals surface area contributed by atoms with Gasteiger partial charge in [-0.3, -0.25) is 4.79 Å². The van der Waals surface area contributed by atoms with Crippen LogP contribution in [0.1, 0.15) is 113 Å². The third kappa shape index (κ3) is 7.87. The van der Waals surface area contributed by atoms with Gasteiger partial charge in [0.2, 0.25) is 6.29 Å². The maximum Gasteiger partial charge on any atom is 0.315 e. The fraction of sp³-hybridized carbons (Fsp3) is 0.938. The second kappa shape index (κ2) is 18.0. The van der Waals surface area contributed by atoms with Crippen LogP contribution >= 0.6 is 0 Å². The average Bonchev–Trinajstić information content (AvgIpc) is 3.27. The maximum atomic E-state index is 14.7. The summed E-state index contributed by atoms with van der Waals surface area (Å²) in [5.41, 5.74) is -0.746. The number of fused-ring (bicyclic) bond motifs is 7. The van der Waals surface area contributed by atoms with Crippen molar-refractivity contribution < 1.29 is 89.4 Å². The number of ether oxygens (including phenoxy) is 6. The predicted octanol–water partition coefficient (Wildman–Crippen LogP) is 0.141. The van der Waals surface area contributed by atoms with Crippen molar-refractivity contribution in [3.8, 4) is 0 Å². The Kier molecular flexibility index (Phi) is 13.9. The highest BCUT2D eigenvalue weighted by Crippen LogP contribution is 2.76. The lowest BCUT2D eigenvalue weighted by Gasteiger charge is -2.71. The number of hydrogen-bond donors (Lipinski definition) is 11. The number of aliphatic hydroxyl groups is 11. The molecule has 3 saturated heterocycles. The fourth-order valence-corrected chi connectivity index (χ4v) is 15.0. The van der Waals surface area contributed by atoms with Crippen LogP contribution in [0.2, 0.25) is 0 Å². The quantitative estimate of drug-likeness (QED) is 0.0833. The molecule has 5 aliphatic carbocycles. The molecule has 8 aliphatic rings. The topological polar surface area (TPSA) is 295 Å². The molecule has 7 fully saturated rings. The molecule has 0 aromatic heterocycles. The van der Waals surface area contributed by atoms with Gasteiger partial charge in [0.15, 0.2) is 12.6 Å². The lowest BCUT2D eigenvalue weighted by Crippen LogP contribution is -2.67. The first-order valence-electron chi connectivity index (χ1n) is 24.3. The van der Waals surface area contributed by atoms with E-state index >= 15 is 0 Å². The Morgan fingerprint density at radius 1 is 0.606 bits per heavy atom. The van der Waals surface area contributed by atoms with Crippen LogP contribution in [0.15, 0.2) is 11.6 Å². The molecule has 1 unspecified atom stereocenters. The summed E-state index contributed by atoms with van der Waals surface area (Å²) in [5.74, 6) is -0.227. The number of aliphatic hydroxyl groups excluding tert-OH is 11. The van der Waals surface area contributed by atoms with Crippen molar-refractivity contribution in [3.63, 3.8) is 0 Å². The van der Waals surface area contributed by atoms with Gasteiger partial charge < -0.3 is 84.6 Å². The summed E-state index contributed by atoms with van der Waals surface area (Å²) in [7, 11) is 0. The van der Waals surface area contributed by atoms with Crippen molar-refractivity contribution >= 4 is 5.97 Å². The SMILES string of the molecule is CC1(C)CC[C@]2(C(=O)O[C@@H]3O[C@H](CO)[C@@H](O)[C@H](O)[C@H]3O)CC[C@]3(C)C(=CC[C@@H]4[C@@]5(C)CCC(O[C@@H]6O[C@H](CO)[C@@H](O)[C@H](O)[C@H]6O[C@@H]6O[C@H](CO)[C@@H](O)[C@H](O)[C@H]6O)C(C)(C)[C@@H]5CC[C@]43C)[C@@H]2C1. The molecule has 0 aromatic carbocycles. The first-order valence-corrected chi connectivity index (χ1v) is 24.3. The summed E-state index contributed by atoms with van der Waals surface area (Å²) in [5, 5.41) is 115. The number of carbonyl (C=O) groups excluding carboxylic acids is 1. The van der Waals surface area contributed by atoms with E-state index in [0.29, 0.717) is 19.3 Å². The monoisotopic (exact) mass is 943 g/mol. The van der Waals surface area contributed by atoms with E-state index in [1.807, 2.05) is 0 Å². The first-order chi connectivity index (χ1) is 30.9.